The van der Waals surface area contributed by atoms with E-state index in [-0.39, 0.29) is 0 Å². The fourth-order valence-electron chi connectivity index (χ4n) is 3.05. The predicted molar refractivity (Wildman–Crippen MR) is 106 cm³/mol. The second kappa shape index (κ2) is 7.37. The summed E-state index contributed by atoms with van der Waals surface area (Å²) in [6.07, 6.45) is 7.08. The lowest BCUT2D eigenvalue weighted by Crippen LogP contribution is -2.19. The molecule has 1 aromatic carbocycles. The molecule has 0 aliphatic heterocycles. The van der Waals surface area contributed by atoms with Gasteiger partial charge in [0.15, 0.2) is 0 Å². The lowest BCUT2D eigenvalue weighted by atomic mass is 10.1. The van der Waals surface area contributed by atoms with Crippen molar-refractivity contribution in [1.82, 2.24) is 19.9 Å². The smallest absolute Gasteiger partial charge is 0.225 e. The first-order valence-corrected chi connectivity index (χ1v) is 8.61. The standard InChI is InChI=1S/C21H19N5O/c1-26(21-24-13-9-18(25-21)15-7-11-22-12-8-15)14-16-5-6-19(27-2)20-17(16)4-3-10-23-20/h3-13H,14H2,1-2H3. The van der Waals surface area contributed by atoms with Gasteiger partial charge in [0.25, 0.3) is 0 Å². The Morgan fingerprint density at radius 1 is 0.926 bits per heavy atom. The Hall–Kier alpha value is -3.54. The summed E-state index contributed by atoms with van der Waals surface area (Å²) in [6.45, 7) is 0.659. The van der Waals surface area contributed by atoms with E-state index in [2.05, 4.69) is 27.1 Å². The monoisotopic (exact) mass is 357 g/mol. The molecule has 0 fully saturated rings. The Bertz CT molecular complexity index is 1070. The number of aromatic nitrogens is 4. The Labute approximate surface area is 157 Å². The minimum Gasteiger partial charge on any atom is -0.494 e. The first-order valence-electron chi connectivity index (χ1n) is 8.61. The molecule has 27 heavy (non-hydrogen) atoms. The van der Waals surface area contributed by atoms with Gasteiger partial charge in [0.05, 0.1) is 12.8 Å². The Balaban J connectivity index is 1.65. The minimum absolute atomic E-state index is 0.659. The van der Waals surface area contributed by atoms with Gasteiger partial charge in [-0.15, -0.1) is 0 Å². The second-order valence-electron chi connectivity index (χ2n) is 6.16. The van der Waals surface area contributed by atoms with E-state index in [1.54, 1.807) is 31.9 Å². The van der Waals surface area contributed by atoms with Crippen LogP contribution in [0.5, 0.6) is 5.75 Å². The summed E-state index contributed by atoms with van der Waals surface area (Å²) in [7, 11) is 3.64. The molecular formula is C21H19N5O. The van der Waals surface area contributed by atoms with Gasteiger partial charge in [-0.25, -0.2) is 9.97 Å². The molecule has 0 spiro atoms. The number of hydrogen-bond donors (Lipinski definition) is 0. The maximum atomic E-state index is 5.43. The highest BCUT2D eigenvalue weighted by Gasteiger charge is 2.12. The number of ether oxygens (including phenoxy) is 1. The van der Waals surface area contributed by atoms with Gasteiger partial charge in [0, 0.05) is 49.3 Å². The molecule has 0 bridgehead atoms. The van der Waals surface area contributed by atoms with E-state index in [9.17, 15) is 0 Å². The van der Waals surface area contributed by atoms with E-state index < -0.39 is 0 Å². The highest BCUT2D eigenvalue weighted by atomic mass is 16.5. The van der Waals surface area contributed by atoms with E-state index in [0.717, 1.165) is 33.5 Å². The van der Waals surface area contributed by atoms with Gasteiger partial charge in [0.2, 0.25) is 5.95 Å². The first-order chi connectivity index (χ1) is 13.3. The predicted octanol–water partition coefficient (Wildman–Crippen LogP) is 3.73. The zero-order chi connectivity index (χ0) is 18.6. The van der Waals surface area contributed by atoms with Crippen LogP contribution in [-0.2, 0) is 6.54 Å². The number of hydrogen-bond acceptors (Lipinski definition) is 6. The molecule has 6 nitrogen and oxygen atoms in total. The van der Waals surface area contributed by atoms with Crippen molar-refractivity contribution in [2.45, 2.75) is 6.54 Å². The van der Waals surface area contributed by atoms with Crippen LogP contribution in [0.4, 0.5) is 5.95 Å². The molecule has 6 heteroatoms. The maximum absolute atomic E-state index is 5.43. The van der Waals surface area contributed by atoms with E-state index in [0.29, 0.717) is 12.5 Å². The van der Waals surface area contributed by atoms with Crippen molar-refractivity contribution in [1.29, 1.82) is 0 Å². The zero-order valence-electron chi connectivity index (χ0n) is 15.2. The van der Waals surface area contributed by atoms with Crippen molar-refractivity contribution < 1.29 is 4.74 Å². The Morgan fingerprint density at radius 3 is 2.59 bits per heavy atom. The molecule has 3 aromatic heterocycles. The van der Waals surface area contributed by atoms with E-state index in [4.69, 9.17) is 9.72 Å². The van der Waals surface area contributed by atoms with Crippen molar-refractivity contribution in [3.63, 3.8) is 0 Å². The second-order valence-corrected chi connectivity index (χ2v) is 6.16. The molecule has 0 atom stereocenters. The third kappa shape index (κ3) is 3.42. The summed E-state index contributed by atoms with van der Waals surface area (Å²) < 4.78 is 5.43. The van der Waals surface area contributed by atoms with Gasteiger partial charge in [-0.1, -0.05) is 12.1 Å². The lowest BCUT2D eigenvalue weighted by molar-refractivity contribution is 0.419. The zero-order valence-corrected chi connectivity index (χ0v) is 15.2. The molecule has 0 saturated heterocycles. The number of anilines is 1. The van der Waals surface area contributed by atoms with Crippen molar-refractivity contribution in [3.8, 4) is 17.0 Å². The van der Waals surface area contributed by atoms with Gasteiger partial charge in [-0.05, 0) is 35.9 Å². The number of fused-ring (bicyclic) bond motifs is 1. The fourth-order valence-corrected chi connectivity index (χ4v) is 3.05. The van der Waals surface area contributed by atoms with Gasteiger partial charge in [-0.2, -0.15) is 0 Å². The van der Waals surface area contributed by atoms with Crippen molar-refractivity contribution in [2.24, 2.45) is 0 Å². The number of benzene rings is 1. The van der Waals surface area contributed by atoms with Crippen LogP contribution in [0.1, 0.15) is 5.56 Å². The van der Waals surface area contributed by atoms with E-state index in [1.165, 1.54) is 0 Å². The van der Waals surface area contributed by atoms with Crippen LogP contribution < -0.4 is 9.64 Å². The van der Waals surface area contributed by atoms with Crippen LogP contribution in [0, 0.1) is 0 Å². The molecule has 134 valence electrons. The molecule has 0 N–H and O–H groups in total. The average molecular weight is 357 g/mol. The number of rotatable bonds is 5. The van der Waals surface area contributed by atoms with Crippen LogP contribution in [0.3, 0.4) is 0 Å². The molecule has 3 heterocycles. The van der Waals surface area contributed by atoms with Gasteiger partial charge >= 0.3 is 0 Å². The third-order valence-corrected chi connectivity index (χ3v) is 4.41. The molecule has 0 amide bonds. The molecule has 0 unspecified atom stereocenters. The largest absolute Gasteiger partial charge is 0.494 e. The third-order valence-electron chi connectivity index (χ3n) is 4.41. The average Bonchev–Trinajstić information content (AvgIpc) is 2.74. The summed E-state index contributed by atoms with van der Waals surface area (Å²) >= 11 is 0. The fraction of sp³-hybridized carbons (Fsp3) is 0.143. The van der Waals surface area contributed by atoms with Crippen molar-refractivity contribution in [3.05, 3.63) is 72.8 Å². The van der Waals surface area contributed by atoms with Gasteiger partial charge in [0.1, 0.15) is 11.3 Å². The van der Waals surface area contributed by atoms with Crippen molar-refractivity contribution >= 4 is 16.9 Å². The molecule has 0 saturated carbocycles. The first kappa shape index (κ1) is 16.9. The minimum atomic E-state index is 0.659. The normalized spacial score (nSPS) is 10.7. The highest BCUT2D eigenvalue weighted by Crippen LogP contribution is 2.28. The summed E-state index contributed by atoms with van der Waals surface area (Å²) in [4.78, 5) is 19.7. The van der Waals surface area contributed by atoms with Crippen LogP contribution in [0.25, 0.3) is 22.2 Å². The van der Waals surface area contributed by atoms with Crippen LogP contribution >= 0.6 is 0 Å². The van der Waals surface area contributed by atoms with Gasteiger partial charge < -0.3 is 9.64 Å². The maximum Gasteiger partial charge on any atom is 0.225 e. The summed E-state index contributed by atoms with van der Waals surface area (Å²) in [6, 6.07) is 13.8. The molecular weight excluding hydrogens is 338 g/mol. The summed E-state index contributed by atoms with van der Waals surface area (Å²) in [5.74, 6) is 1.44. The van der Waals surface area contributed by atoms with Crippen LogP contribution in [-0.4, -0.2) is 34.1 Å². The Kier molecular flexibility index (Phi) is 4.61. The number of nitrogens with zero attached hydrogens (tertiary/aromatic N) is 5. The molecule has 4 aromatic rings. The Morgan fingerprint density at radius 2 is 1.78 bits per heavy atom. The molecule has 0 radical (unpaired) electrons. The van der Waals surface area contributed by atoms with Gasteiger partial charge in [-0.3, -0.25) is 9.97 Å². The van der Waals surface area contributed by atoms with Crippen LogP contribution in [0.2, 0.25) is 0 Å². The van der Waals surface area contributed by atoms with E-state index >= 15 is 0 Å². The summed E-state index contributed by atoms with van der Waals surface area (Å²) in [5.41, 5.74) is 3.88. The number of methoxy groups -OCH3 is 1. The number of pyridine rings is 2. The molecule has 0 aliphatic carbocycles. The topological polar surface area (TPSA) is 64.0 Å². The SMILES string of the molecule is COc1ccc(CN(C)c2nccc(-c3ccncc3)n2)c2cccnc12. The van der Waals surface area contributed by atoms with Crippen LogP contribution in [0.15, 0.2) is 67.3 Å². The summed E-state index contributed by atoms with van der Waals surface area (Å²) in [5, 5.41) is 1.06. The lowest BCUT2D eigenvalue weighted by Gasteiger charge is -2.19. The molecule has 4 rings (SSSR count). The van der Waals surface area contributed by atoms with Crippen molar-refractivity contribution in [2.75, 3.05) is 19.1 Å². The quantitative estimate of drug-likeness (QED) is 0.542. The molecule has 0 aliphatic rings. The van der Waals surface area contributed by atoms with E-state index in [1.807, 2.05) is 42.3 Å². The highest BCUT2D eigenvalue weighted by molar-refractivity contribution is 5.87.